The van der Waals surface area contributed by atoms with Crippen LogP contribution in [-0.4, -0.2) is 54.5 Å². The van der Waals surface area contributed by atoms with Crippen LogP contribution >= 0.6 is 0 Å². The molecule has 0 spiro atoms. The van der Waals surface area contributed by atoms with Gasteiger partial charge in [-0.1, -0.05) is 6.92 Å². The summed E-state index contributed by atoms with van der Waals surface area (Å²) in [6, 6.07) is 0. The zero-order valence-electron chi connectivity index (χ0n) is 10.4. The second kappa shape index (κ2) is 8.53. The maximum Gasteiger partial charge on any atom is 0.307 e. The van der Waals surface area contributed by atoms with Crippen LogP contribution in [0.1, 0.15) is 27.2 Å². The van der Waals surface area contributed by atoms with Gasteiger partial charge in [0.1, 0.15) is 0 Å². The summed E-state index contributed by atoms with van der Waals surface area (Å²) in [7, 11) is -7.83. The van der Waals surface area contributed by atoms with Gasteiger partial charge in [0.25, 0.3) is 10.1 Å². The van der Waals surface area contributed by atoms with Crippen molar-refractivity contribution in [2.24, 2.45) is 4.99 Å². The van der Waals surface area contributed by atoms with E-state index in [1.807, 2.05) is 0 Å². The molecule has 8 nitrogen and oxygen atoms in total. The molecule has 0 amide bonds. The monoisotopic (exact) mass is 305 g/mol. The molecule has 0 aromatic rings. The zero-order chi connectivity index (χ0) is 15.0. The number of hydrogen-bond donors (Lipinski definition) is 3. The van der Waals surface area contributed by atoms with E-state index in [4.69, 9.17) is 14.2 Å². The van der Waals surface area contributed by atoms with Gasteiger partial charge in [0.15, 0.2) is 5.04 Å². The Hall–Kier alpha value is -0.550. The van der Waals surface area contributed by atoms with Crippen LogP contribution in [0.25, 0.3) is 0 Å². The fourth-order valence-electron chi connectivity index (χ4n) is 0.600. The van der Waals surface area contributed by atoms with Crippen molar-refractivity contribution in [3.05, 3.63) is 0 Å². The molecule has 3 N–H and O–H groups in total. The molecule has 0 aliphatic heterocycles. The third-order valence-electron chi connectivity index (χ3n) is 1.41. The first kappa shape index (κ1) is 19.8. The molecule has 0 aromatic heterocycles. The highest BCUT2D eigenvalue weighted by Crippen LogP contribution is 1.90. The summed E-state index contributed by atoms with van der Waals surface area (Å²) in [4.78, 5) is 3.42. The molecule has 0 radical (unpaired) electrons. The highest BCUT2D eigenvalue weighted by atomic mass is 32.2. The second-order valence-electron chi connectivity index (χ2n) is 3.47. The molecule has 0 aliphatic carbocycles. The molecule has 0 bridgehead atoms. The normalized spacial score (nSPS) is 14.7. The topological polar surface area (TPSA) is 141 Å². The molecule has 0 heterocycles. The predicted molar refractivity (Wildman–Crippen MR) is 67.9 cm³/mol. The Labute approximate surface area is 107 Å². The fraction of sp³-hybridized carbons (Fsp3) is 0.875. The van der Waals surface area contributed by atoms with E-state index in [9.17, 15) is 16.8 Å². The van der Waals surface area contributed by atoms with E-state index in [0.717, 1.165) is 6.92 Å². The lowest BCUT2D eigenvalue weighted by atomic mass is 10.4. The summed E-state index contributed by atoms with van der Waals surface area (Å²) in [5.74, 6) is -0.132. The van der Waals surface area contributed by atoms with Crippen molar-refractivity contribution in [2.75, 3.05) is 12.3 Å². The van der Waals surface area contributed by atoms with Crippen molar-refractivity contribution in [1.29, 1.82) is 0 Å². The molecule has 0 aliphatic rings. The van der Waals surface area contributed by atoms with Crippen LogP contribution < -0.4 is 0 Å². The van der Waals surface area contributed by atoms with Crippen molar-refractivity contribution in [2.45, 2.75) is 33.3 Å². The average Bonchev–Trinajstić information content (AvgIpc) is 2.11. The van der Waals surface area contributed by atoms with Gasteiger partial charge < -0.3 is 5.11 Å². The Balaban J connectivity index is 0. The minimum atomic E-state index is -4.16. The van der Waals surface area contributed by atoms with Crippen molar-refractivity contribution >= 4 is 25.3 Å². The van der Waals surface area contributed by atoms with Crippen molar-refractivity contribution < 1.29 is 31.0 Å². The first-order valence-electron chi connectivity index (χ1n) is 5.02. The molecule has 10 heteroatoms. The Bertz CT molecular complexity index is 450. The van der Waals surface area contributed by atoms with E-state index in [0.29, 0.717) is 6.42 Å². The van der Waals surface area contributed by atoms with Crippen LogP contribution in [0.3, 0.4) is 0 Å². The van der Waals surface area contributed by atoms with Crippen molar-refractivity contribution in [3.63, 3.8) is 0 Å². The van der Waals surface area contributed by atoms with Gasteiger partial charge in [-0.2, -0.15) is 16.8 Å². The molecule has 0 aromatic carbocycles. The highest BCUT2D eigenvalue weighted by Gasteiger charge is 2.08. The smallest absolute Gasteiger partial charge is 0.307 e. The highest BCUT2D eigenvalue weighted by molar-refractivity contribution is 8.01. The van der Waals surface area contributed by atoms with E-state index >= 15 is 0 Å². The lowest BCUT2D eigenvalue weighted by molar-refractivity contribution is 0.204. The number of hydrogen-bond acceptors (Lipinski definition) is 6. The maximum absolute atomic E-state index is 10.3. The quantitative estimate of drug-likeness (QED) is 0.376. The van der Waals surface area contributed by atoms with Crippen molar-refractivity contribution in [1.82, 2.24) is 0 Å². The molecular formula is C8H19NO7S2. The summed E-state index contributed by atoms with van der Waals surface area (Å²) in [6.07, 6.45) is -0.231. The molecule has 0 rings (SSSR count). The van der Waals surface area contributed by atoms with E-state index < -0.39 is 26.3 Å². The molecule has 1 atom stereocenters. The predicted octanol–water partition coefficient (Wildman–Crippen LogP) is -0.0424. The van der Waals surface area contributed by atoms with Crippen LogP contribution in [0.2, 0.25) is 0 Å². The minimum Gasteiger partial charge on any atom is -0.391 e. The lowest BCUT2D eigenvalue weighted by Crippen LogP contribution is -2.13. The molecular weight excluding hydrogens is 286 g/mol. The first-order valence-corrected chi connectivity index (χ1v) is 8.06. The molecule has 0 fully saturated rings. The summed E-state index contributed by atoms with van der Waals surface area (Å²) in [5, 5.41) is 8.31. The first-order chi connectivity index (χ1) is 7.90. The number of aliphatic imine (C=N–C) groups is 1. The van der Waals surface area contributed by atoms with Gasteiger partial charge in [-0.25, -0.2) is 0 Å². The molecule has 110 valence electrons. The second-order valence-corrected chi connectivity index (χ2v) is 6.58. The summed E-state index contributed by atoms with van der Waals surface area (Å²) in [5.41, 5.74) is 0. The van der Waals surface area contributed by atoms with Gasteiger partial charge >= 0.3 is 10.1 Å². The number of rotatable bonds is 4. The van der Waals surface area contributed by atoms with Gasteiger partial charge in [-0.3, -0.25) is 14.1 Å². The molecule has 1 unspecified atom stereocenters. The maximum atomic E-state index is 10.3. The summed E-state index contributed by atoms with van der Waals surface area (Å²) < 4.78 is 56.5. The third-order valence-corrected chi connectivity index (χ3v) is 3.21. The fourth-order valence-corrected chi connectivity index (χ4v) is 1.35. The molecule has 18 heavy (non-hydrogen) atoms. The number of nitrogens with zero attached hydrogens (tertiary/aromatic N) is 1. The summed E-state index contributed by atoms with van der Waals surface area (Å²) in [6.45, 7) is 4.30. The third kappa shape index (κ3) is 15.4. The van der Waals surface area contributed by atoms with E-state index in [1.165, 1.54) is 6.92 Å². The standard InChI is InChI=1S/C5H11NO4S.C3H8O3S/c1-4(7)3-6-5(2)11(8,9)10;1-2-3-7(4,5)6/h4,7H,3H2,1-2H3,(H,8,9,10);2-3H2,1H3,(H,4,5,6). The van der Waals surface area contributed by atoms with Crippen LogP contribution in [-0.2, 0) is 20.2 Å². The molecule has 0 saturated heterocycles. The van der Waals surface area contributed by atoms with Crippen LogP contribution in [0.5, 0.6) is 0 Å². The van der Waals surface area contributed by atoms with E-state index in [-0.39, 0.29) is 17.3 Å². The Morgan fingerprint density at radius 2 is 1.67 bits per heavy atom. The number of aliphatic hydroxyl groups excluding tert-OH is 1. The van der Waals surface area contributed by atoms with Crippen LogP contribution in [0.4, 0.5) is 0 Å². The van der Waals surface area contributed by atoms with Crippen molar-refractivity contribution in [3.8, 4) is 0 Å². The Kier molecular flexibility index (Phi) is 9.38. The SMILES string of the molecule is CC(=NCC(C)O)S(=O)(=O)O.CCCS(=O)(=O)O. The van der Waals surface area contributed by atoms with Gasteiger partial charge in [0, 0.05) is 0 Å². The van der Waals surface area contributed by atoms with Crippen LogP contribution in [0.15, 0.2) is 4.99 Å². The Morgan fingerprint density at radius 1 is 1.22 bits per heavy atom. The lowest BCUT2D eigenvalue weighted by Gasteiger charge is -1.98. The van der Waals surface area contributed by atoms with E-state index in [2.05, 4.69) is 4.99 Å². The Morgan fingerprint density at radius 3 is 1.83 bits per heavy atom. The summed E-state index contributed by atoms with van der Waals surface area (Å²) >= 11 is 0. The minimum absolute atomic E-state index is 0.0222. The molecule has 0 saturated carbocycles. The largest absolute Gasteiger partial charge is 0.391 e. The van der Waals surface area contributed by atoms with Gasteiger partial charge in [-0.15, -0.1) is 0 Å². The van der Waals surface area contributed by atoms with Crippen LogP contribution in [0, 0.1) is 0 Å². The van der Waals surface area contributed by atoms with Gasteiger partial charge in [0.2, 0.25) is 0 Å². The van der Waals surface area contributed by atoms with Gasteiger partial charge in [0.05, 0.1) is 18.4 Å². The average molecular weight is 305 g/mol. The zero-order valence-corrected chi connectivity index (χ0v) is 12.1. The van der Waals surface area contributed by atoms with E-state index in [1.54, 1.807) is 6.92 Å². The van der Waals surface area contributed by atoms with Gasteiger partial charge in [-0.05, 0) is 20.3 Å². The number of aliphatic hydroxyl groups is 1.